The van der Waals surface area contributed by atoms with Crippen LogP contribution in [0.4, 0.5) is 0 Å². The first-order valence-corrected chi connectivity index (χ1v) is 3.15. The normalized spacial score (nSPS) is 17.0. The Bertz CT molecular complexity index is 206. The monoisotopic (exact) mass is 138 g/mol. The smallest absolute Gasteiger partial charge is 0.177 e. The van der Waals surface area contributed by atoms with E-state index in [9.17, 15) is 4.79 Å². The van der Waals surface area contributed by atoms with Gasteiger partial charge in [0.05, 0.1) is 6.34 Å². The van der Waals surface area contributed by atoms with Gasteiger partial charge < -0.3 is 4.90 Å². The fourth-order valence-corrected chi connectivity index (χ4v) is 0.726. The van der Waals surface area contributed by atoms with E-state index in [1.807, 2.05) is 18.0 Å². The summed E-state index contributed by atoms with van der Waals surface area (Å²) in [5.41, 5.74) is 0.568. The van der Waals surface area contributed by atoms with E-state index in [0.717, 1.165) is 6.54 Å². The first-order chi connectivity index (χ1) is 4.70. The molecule has 0 spiro atoms. The zero-order chi connectivity index (χ0) is 7.56. The van der Waals surface area contributed by atoms with Gasteiger partial charge in [-0.2, -0.15) is 0 Å². The summed E-state index contributed by atoms with van der Waals surface area (Å²) < 4.78 is 0. The number of hydrogen-bond acceptors (Lipinski definition) is 3. The van der Waals surface area contributed by atoms with E-state index in [0.29, 0.717) is 5.70 Å². The second kappa shape index (κ2) is 2.64. The van der Waals surface area contributed by atoms with Gasteiger partial charge in [-0.25, -0.2) is 4.99 Å². The number of carbonyl (C=O) groups excluding carboxylic acids is 1. The molecule has 0 N–H and O–H groups in total. The van der Waals surface area contributed by atoms with Gasteiger partial charge in [-0.05, 0) is 6.08 Å². The van der Waals surface area contributed by atoms with Gasteiger partial charge in [0.2, 0.25) is 0 Å². The van der Waals surface area contributed by atoms with Crippen molar-refractivity contribution in [1.82, 2.24) is 4.90 Å². The number of aliphatic imine (C=N–C) groups is 1. The maximum absolute atomic E-state index is 10.7. The number of nitrogens with zero attached hydrogens (tertiary/aromatic N) is 2. The van der Waals surface area contributed by atoms with Gasteiger partial charge in [-0.1, -0.05) is 0 Å². The maximum atomic E-state index is 10.7. The van der Waals surface area contributed by atoms with Crippen molar-refractivity contribution >= 4 is 12.1 Å². The van der Waals surface area contributed by atoms with Crippen LogP contribution in [-0.2, 0) is 4.79 Å². The molecule has 0 radical (unpaired) electrons. The third kappa shape index (κ3) is 1.43. The average Bonchev–Trinajstić information content (AvgIpc) is 1.88. The highest BCUT2D eigenvalue weighted by Crippen LogP contribution is 2.02. The van der Waals surface area contributed by atoms with E-state index < -0.39 is 0 Å². The summed E-state index contributed by atoms with van der Waals surface area (Å²) in [6.07, 6.45) is 3.49. The molecule has 0 fully saturated rings. The van der Waals surface area contributed by atoms with E-state index in [2.05, 4.69) is 4.99 Å². The molecule has 0 aromatic heterocycles. The number of hydrogen-bond donors (Lipinski definition) is 0. The molecule has 54 valence electrons. The summed E-state index contributed by atoms with van der Waals surface area (Å²) in [6.45, 7) is 2.30. The zero-order valence-electron chi connectivity index (χ0n) is 6.16. The van der Waals surface area contributed by atoms with Crippen molar-refractivity contribution in [3.63, 3.8) is 0 Å². The van der Waals surface area contributed by atoms with E-state index >= 15 is 0 Å². The Morgan fingerprint density at radius 3 is 2.90 bits per heavy atom. The van der Waals surface area contributed by atoms with Crippen LogP contribution in [0.15, 0.2) is 16.8 Å². The third-order valence-electron chi connectivity index (χ3n) is 1.33. The summed E-state index contributed by atoms with van der Waals surface area (Å²) in [4.78, 5) is 16.5. The lowest BCUT2D eigenvalue weighted by molar-refractivity contribution is -0.113. The number of carbonyl (C=O) groups is 1. The maximum Gasteiger partial charge on any atom is 0.177 e. The lowest BCUT2D eigenvalue weighted by Crippen LogP contribution is -2.20. The standard InChI is InChI=1S/C7H10N2O/c1-6(10)7-3-4-9(2)5-8-7/h3,5H,4H2,1-2H3. The van der Waals surface area contributed by atoms with Crippen molar-refractivity contribution in [3.05, 3.63) is 11.8 Å². The van der Waals surface area contributed by atoms with Gasteiger partial charge in [0.25, 0.3) is 0 Å². The molecule has 0 aromatic carbocycles. The van der Waals surface area contributed by atoms with Crippen LogP contribution in [0, 0.1) is 0 Å². The highest BCUT2D eigenvalue weighted by atomic mass is 16.1. The fraction of sp³-hybridized carbons (Fsp3) is 0.429. The average molecular weight is 138 g/mol. The molecular weight excluding hydrogens is 128 g/mol. The van der Waals surface area contributed by atoms with Gasteiger partial charge in [0.1, 0.15) is 5.70 Å². The Hall–Kier alpha value is -1.12. The molecule has 1 aliphatic rings. The summed E-state index contributed by atoms with van der Waals surface area (Å²) in [5.74, 6) is 0.0318. The Morgan fingerprint density at radius 2 is 2.50 bits per heavy atom. The molecule has 1 heterocycles. The molecule has 0 unspecified atom stereocenters. The largest absolute Gasteiger partial charge is 0.362 e. The molecule has 1 aliphatic heterocycles. The summed E-state index contributed by atoms with van der Waals surface area (Å²) in [7, 11) is 1.91. The predicted molar refractivity (Wildman–Crippen MR) is 39.9 cm³/mol. The van der Waals surface area contributed by atoms with Gasteiger partial charge in [0.15, 0.2) is 5.78 Å². The summed E-state index contributed by atoms with van der Waals surface area (Å²) >= 11 is 0. The first-order valence-electron chi connectivity index (χ1n) is 3.15. The Morgan fingerprint density at radius 1 is 1.80 bits per heavy atom. The number of rotatable bonds is 1. The van der Waals surface area contributed by atoms with Gasteiger partial charge in [0, 0.05) is 20.5 Å². The lowest BCUT2D eigenvalue weighted by atomic mass is 10.3. The molecule has 0 saturated heterocycles. The lowest BCUT2D eigenvalue weighted by Gasteiger charge is -2.14. The van der Waals surface area contributed by atoms with Crippen LogP contribution in [-0.4, -0.2) is 30.6 Å². The van der Waals surface area contributed by atoms with Crippen molar-refractivity contribution in [2.24, 2.45) is 4.99 Å². The number of Topliss-reactive ketones (excluding diaryl/α,β-unsaturated/α-hetero) is 1. The quantitative estimate of drug-likeness (QED) is 0.526. The zero-order valence-corrected chi connectivity index (χ0v) is 6.16. The first kappa shape index (κ1) is 6.99. The van der Waals surface area contributed by atoms with E-state index in [4.69, 9.17) is 0 Å². The molecule has 0 bridgehead atoms. The highest BCUT2D eigenvalue weighted by Gasteiger charge is 2.04. The predicted octanol–water partition coefficient (Wildman–Crippen LogP) is 0.433. The van der Waals surface area contributed by atoms with Crippen LogP contribution in [0.2, 0.25) is 0 Å². The molecular formula is C7H10N2O. The number of ketones is 1. The van der Waals surface area contributed by atoms with Gasteiger partial charge in [-0.3, -0.25) is 4.79 Å². The molecule has 3 heteroatoms. The van der Waals surface area contributed by atoms with Crippen molar-refractivity contribution < 1.29 is 4.79 Å². The third-order valence-corrected chi connectivity index (χ3v) is 1.33. The molecule has 0 saturated carbocycles. The fourth-order valence-electron chi connectivity index (χ4n) is 0.726. The molecule has 0 aromatic rings. The van der Waals surface area contributed by atoms with Crippen molar-refractivity contribution in [2.45, 2.75) is 6.92 Å². The van der Waals surface area contributed by atoms with Crippen LogP contribution in [0.3, 0.4) is 0 Å². The number of allylic oxidation sites excluding steroid dienone is 1. The SMILES string of the molecule is CC(=O)C1=CCN(C)C=N1. The van der Waals surface area contributed by atoms with Crippen LogP contribution < -0.4 is 0 Å². The van der Waals surface area contributed by atoms with Crippen LogP contribution >= 0.6 is 0 Å². The van der Waals surface area contributed by atoms with Crippen molar-refractivity contribution in [2.75, 3.05) is 13.6 Å². The van der Waals surface area contributed by atoms with E-state index in [1.165, 1.54) is 6.92 Å². The van der Waals surface area contributed by atoms with Crippen molar-refractivity contribution in [3.8, 4) is 0 Å². The Kier molecular flexibility index (Phi) is 1.85. The molecule has 0 aliphatic carbocycles. The molecule has 1 rings (SSSR count). The summed E-state index contributed by atoms with van der Waals surface area (Å²) in [5, 5.41) is 0. The van der Waals surface area contributed by atoms with Crippen LogP contribution in [0.25, 0.3) is 0 Å². The Balaban J connectivity index is 2.67. The highest BCUT2D eigenvalue weighted by molar-refractivity contribution is 5.94. The second-order valence-electron chi connectivity index (χ2n) is 2.33. The topological polar surface area (TPSA) is 32.7 Å². The van der Waals surface area contributed by atoms with Crippen molar-refractivity contribution in [1.29, 1.82) is 0 Å². The van der Waals surface area contributed by atoms with Crippen LogP contribution in [0.1, 0.15) is 6.92 Å². The van der Waals surface area contributed by atoms with Gasteiger partial charge in [-0.15, -0.1) is 0 Å². The molecule has 10 heavy (non-hydrogen) atoms. The molecule has 3 nitrogen and oxygen atoms in total. The van der Waals surface area contributed by atoms with Crippen LogP contribution in [0.5, 0.6) is 0 Å². The summed E-state index contributed by atoms with van der Waals surface area (Å²) in [6, 6.07) is 0. The molecule has 0 amide bonds. The van der Waals surface area contributed by atoms with E-state index in [-0.39, 0.29) is 5.78 Å². The minimum atomic E-state index is 0.0318. The van der Waals surface area contributed by atoms with E-state index in [1.54, 1.807) is 6.34 Å². The second-order valence-corrected chi connectivity index (χ2v) is 2.33. The molecule has 0 atom stereocenters. The Labute approximate surface area is 60.1 Å². The van der Waals surface area contributed by atoms with Gasteiger partial charge >= 0.3 is 0 Å². The minimum Gasteiger partial charge on any atom is -0.362 e. The number of likely N-dealkylation sites (N-methyl/N-ethyl adjacent to an activating group) is 1. The minimum absolute atomic E-state index is 0.0318.